The zero-order valence-electron chi connectivity index (χ0n) is 10.5. The van der Waals surface area contributed by atoms with Crippen LogP contribution in [0.5, 0.6) is 0 Å². The Morgan fingerprint density at radius 3 is 2.53 bits per heavy atom. The fourth-order valence-corrected chi connectivity index (χ4v) is 2.84. The summed E-state index contributed by atoms with van der Waals surface area (Å²) in [6.07, 6.45) is 1.69. The van der Waals surface area contributed by atoms with E-state index in [1.807, 2.05) is 6.92 Å². The molecular weight excluding hydrogens is 244 g/mol. The summed E-state index contributed by atoms with van der Waals surface area (Å²) in [5.41, 5.74) is -0.964. The summed E-state index contributed by atoms with van der Waals surface area (Å²) < 4.78 is 32.4. The molecule has 0 aromatic carbocycles. The minimum absolute atomic E-state index is 0.107. The van der Waals surface area contributed by atoms with Crippen LogP contribution in [0.15, 0.2) is 0 Å². The predicted octanol–water partition coefficient (Wildman–Crippen LogP) is -0.296. The van der Waals surface area contributed by atoms with Crippen molar-refractivity contribution in [1.29, 1.82) is 0 Å². The molecule has 0 unspecified atom stereocenters. The van der Waals surface area contributed by atoms with Crippen molar-refractivity contribution in [1.82, 2.24) is 9.03 Å². The van der Waals surface area contributed by atoms with Crippen molar-refractivity contribution < 1.29 is 18.3 Å². The second kappa shape index (κ2) is 6.10. The van der Waals surface area contributed by atoms with E-state index in [9.17, 15) is 13.5 Å². The monoisotopic (exact) mass is 266 g/mol. The van der Waals surface area contributed by atoms with Crippen molar-refractivity contribution in [2.24, 2.45) is 0 Å². The highest BCUT2D eigenvalue weighted by atomic mass is 32.2. The number of rotatable bonds is 6. The van der Waals surface area contributed by atoms with Gasteiger partial charge in [-0.05, 0) is 6.42 Å². The van der Waals surface area contributed by atoms with Gasteiger partial charge in [0.1, 0.15) is 0 Å². The quantitative estimate of drug-likeness (QED) is 0.692. The molecule has 1 aliphatic rings. The van der Waals surface area contributed by atoms with Crippen LogP contribution >= 0.6 is 0 Å². The van der Waals surface area contributed by atoms with Crippen molar-refractivity contribution in [2.75, 3.05) is 33.4 Å². The molecule has 0 atom stereocenters. The SMILES string of the molecule is CCCNS(=O)(=O)N(C)CC1(O)CCOCC1. The first-order valence-electron chi connectivity index (χ1n) is 5.91. The Hall–Kier alpha value is -0.210. The molecule has 0 amide bonds. The molecule has 0 aliphatic carbocycles. The molecule has 2 N–H and O–H groups in total. The van der Waals surface area contributed by atoms with Crippen LogP contribution in [-0.4, -0.2) is 56.8 Å². The van der Waals surface area contributed by atoms with Gasteiger partial charge >= 0.3 is 0 Å². The minimum atomic E-state index is -3.48. The number of ether oxygens (including phenoxy) is 1. The minimum Gasteiger partial charge on any atom is -0.388 e. The maximum Gasteiger partial charge on any atom is 0.279 e. The van der Waals surface area contributed by atoms with Gasteiger partial charge in [0.2, 0.25) is 0 Å². The lowest BCUT2D eigenvalue weighted by atomic mass is 9.95. The number of hydrogen-bond donors (Lipinski definition) is 2. The third-order valence-corrected chi connectivity index (χ3v) is 4.40. The van der Waals surface area contributed by atoms with Crippen molar-refractivity contribution in [3.05, 3.63) is 0 Å². The van der Waals surface area contributed by atoms with Gasteiger partial charge in [0.25, 0.3) is 10.2 Å². The smallest absolute Gasteiger partial charge is 0.279 e. The predicted molar refractivity (Wildman–Crippen MR) is 64.8 cm³/mol. The third-order valence-electron chi connectivity index (χ3n) is 2.89. The summed E-state index contributed by atoms with van der Waals surface area (Å²) in [5, 5.41) is 10.2. The van der Waals surface area contributed by atoms with Crippen LogP contribution in [-0.2, 0) is 14.9 Å². The van der Waals surface area contributed by atoms with Gasteiger partial charge in [-0.2, -0.15) is 12.7 Å². The Bertz CT molecular complexity index is 325. The molecule has 1 aliphatic heterocycles. The Balaban J connectivity index is 2.55. The van der Waals surface area contributed by atoms with Gasteiger partial charge in [-0.1, -0.05) is 6.92 Å². The molecule has 0 spiro atoms. The van der Waals surface area contributed by atoms with Crippen LogP contribution in [0.1, 0.15) is 26.2 Å². The number of likely N-dealkylation sites (N-methyl/N-ethyl adjacent to an activating group) is 1. The molecule has 0 aromatic rings. The lowest BCUT2D eigenvalue weighted by Crippen LogP contribution is -2.50. The average molecular weight is 266 g/mol. The van der Waals surface area contributed by atoms with Gasteiger partial charge in [0.15, 0.2) is 0 Å². The van der Waals surface area contributed by atoms with Crippen LogP contribution in [0.25, 0.3) is 0 Å². The van der Waals surface area contributed by atoms with Crippen molar-refractivity contribution in [3.8, 4) is 0 Å². The molecule has 0 aromatic heterocycles. The number of aliphatic hydroxyl groups is 1. The van der Waals surface area contributed by atoms with Crippen LogP contribution < -0.4 is 4.72 Å². The van der Waals surface area contributed by atoms with E-state index in [1.54, 1.807) is 0 Å². The van der Waals surface area contributed by atoms with Gasteiger partial charge in [-0.3, -0.25) is 0 Å². The summed E-state index contributed by atoms with van der Waals surface area (Å²) in [6, 6.07) is 0. The van der Waals surface area contributed by atoms with Crippen molar-refractivity contribution in [2.45, 2.75) is 31.8 Å². The van der Waals surface area contributed by atoms with E-state index >= 15 is 0 Å². The normalized spacial score (nSPS) is 20.7. The van der Waals surface area contributed by atoms with Crippen molar-refractivity contribution in [3.63, 3.8) is 0 Å². The molecule has 0 bridgehead atoms. The van der Waals surface area contributed by atoms with Crippen LogP contribution in [0, 0.1) is 0 Å². The molecule has 1 saturated heterocycles. The first-order chi connectivity index (χ1) is 7.90. The van der Waals surface area contributed by atoms with Crippen LogP contribution in [0.3, 0.4) is 0 Å². The maximum absolute atomic E-state index is 11.8. The molecule has 7 heteroatoms. The second-order valence-corrected chi connectivity index (χ2v) is 6.35. The van der Waals surface area contributed by atoms with E-state index < -0.39 is 15.8 Å². The van der Waals surface area contributed by atoms with Gasteiger partial charge < -0.3 is 9.84 Å². The number of hydrogen-bond acceptors (Lipinski definition) is 4. The lowest BCUT2D eigenvalue weighted by Gasteiger charge is -2.34. The largest absolute Gasteiger partial charge is 0.388 e. The highest BCUT2D eigenvalue weighted by Crippen LogP contribution is 2.21. The van der Waals surface area contributed by atoms with Gasteiger partial charge in [0, 0.05) is 46.2 Å². The van der Waals surface area contributed by atoms with E-state index in [0.29, 0.717) is 32.6 Å². The zero-order chi connectivity index (χ0) is 12.9. The van der Waals surface area contributed by atoms with E-state index in [1.165, 1.54) is 11.4 Å². The summed E-state index contributed by atoms with van der Waals surface area (Å²) >= 11 is 0. The number of nitrogens with one attached hydrogen (secondary N) is 1. The second-order valence-electron chi connectivity index (χ2n) is 4.49. The standard InChI is InChI=1S/C10H22N2O4S/c1-3-6-11-17(14,15)12(2)9-10(13)4-7-16-8-5-10/h11,13H,3-9H2,1-2H3. The number of nitrogens with zero attached hydrogens (tertiary/aromatic N) is 1. The fraction of sp³-hybridized carbons (Fsp3) is 1.00. The molecule has 102 valence electrons. The summed E-state index contributed by atoms with van der Waals surface area (Å²) in [7, 11) is -2.00. The Morgan fingerprint density at radius 2 is 2.00 bits per heavy atom. The Morgan fingerprint density at radius 1 is 1.41 bits per heavy atom. The third kappa shape index (κ3) is 4.51. The molecule has 1 fully saturated rings. The van der Waals surface area contributed by atoms with E-state index in [4.69, 9.17) is 4.74 Å². The Labute approximate surface area is 103 Å². The van der Waals surface area contributed by atoms with Gasteiger partial charge in [-0.15, -0.1) is 0 Å². The fourth-order valence-electron chi connectivity index (χ4n) is 1.75. The van der Waals surface area contributed by atoms with Crippen molar-refractivity contribution >= 4 is 10.2 Å². The lowest BCUT2D eigenvalue weighted by molar-refractivity contribution is -0.0690. The first kappa shape index (κ1) is 14.8. The Kier molecular flexibility index (Phi) is 5.33. The summed E-state index contributed by atoms with van der Waals surface area (Å²) in [6.45, 7) is 3.37. The average Bonchev–Trinajstić information content (AvgIpc) is 2.26. The maximum atomic E-state index is 11.8. The topological polar surface area (TPSA) is 78.9 Å². The zero-order valence-corrected chi connectivity index (χ0v) is 11.3. The molecule has 1 heterocycles. The summed E-state index contributed by atoms with van der Waals surface area (Å²) in [4.78, 5) is 0. The molecule has 6 nitrogen and oxygen atoms in total. The first-order valence-corrected chi connectivity index (χ1v) is 7.35. The molecule has 0 radical (unpaired) electrons. The van der Waals surface area contributed by atoms with Crippen LogP contribution in [0.4, 0.5) is 0 Å². The van der Waals surface area contributed by atoms with Crippen LogP contribution in [0.2, 0.25) is 0 Å². The van der Waals surface area contributed by atoms with Gasteiger partial charge in [0.05, 0.1) is 5.60 Å². The van der Waals surface area contributed by atoms with Gasteiger partial charge in [-0.25, -0.2) is 4.72 Å². The summed E-state index contributed by atoms with van der Waals surface area (Å²) in [5.74, 6) is 0. The molecule has 1 rings (SSSR count). The van der Waals surface area contributed by atoms with E-state index in [2.05, 4.69) is 4.72 Å². The highest BCUT2D eigenvalue weighted by Gasteiger charge is 2.34. The molecule has 17 heavy (non-hydrogen) atoms. The molecular formula is C10H22N2O4S. The van der Waals surface area contributed by atoms with E-state index in [-0.39, 0.29) is 6.54 Å². The highest BCUT2D eigenvalue weighted by molar-refractivity contribution is 7.87. The molecule has 0 saturated carbocycles. The van der Waals surface area contributed by atoms with E-state index in [0.717, 1.165) is 6.42 Å².